The van der Waals surface area contributed by atoms with Crippen molar-refractivity contribution in [3.63, 3.8) is 0 Å². The number of ether oxygens (including phenoxy) is 1. The van der Waals surface area contributed by atoms with E-state index < -0.39 is 5.97 Å². The second-order valence-corrected chi connectivity index (χ2v) is 5.11. The maximum Gasteiger partial charge on any atom is 0.359 e. The maximum absolute atomic E-state index is 12.0. The number of esters is 1. The Bertz CT molecular complexity index is 732. The highest BCUT2D eigenvalue weighted by atomic mass is 32.1. The molecule has 19 heavy (non-hydrogen) atoms. The summed E-state index contributed by atoms with van der Waals surface area (Å²) in [5, 5.41) is 10.4. The van der Waals surface area contributed by atoms with Gasteiger partial charge >= 0.3 is 5.97 Å². The summed E-state index contributed by atoms with van der Waals surface area (Å²) in [7, 11) is 0. The largest absolute Gasteiger partial charge is 0.454 e. The van der Waals surface area contributed by atoms with E-state index in [4.69, 9.17) is 4.74 Å². The number of nitrogens with zero attached hydrogens (tertiary/aromatic N) is 2. The van der Waals surface area contributed by atoms with Gasteiger partial charge in [0.1, 0.15) is 6.61 Å². The average Bonchev–Trinajstić information content (AvgIpc) is 3.02. The Kier molecular flexibility index (Phi) is 3.00. The number of fused-ring (bicyclic) bond motifs is 1. The van der Waals surface area contributed by atoms with Crippen LogP contribution < -0.4 is 0 Å². The molecule has 0 aliphatic rings. The van der Waals surface area contributed by atoms with Gasteiger partial charge in [-0.15, -0.1) is 11.3 Å². The summed E-state index contributed by atoms with van der Waals surface area (Å²) < 4.78 is 5.22. The predicted octanol–water partition coefficient (Wildman–Crippen LogP) is 2.68. The topological polar surface area (TPSA) is 67.9 Å². The summed E-state index contributed by atoms with van der Waals surface area (Å²) in [6, 6.07) is 7.44. The normalized spacial score (nSPS) is 10.8. The van der Waals surface area contributed by atoms with E-state index in [0.717, 1.165) is 21.6 Å². The zero-order chi connectivity index (χ0) is 13.2. The SMILES string of the molecule is Cc1nc(COC(=O)c2n[nH]c3ccccc23)cs1. The van der Waals surface area contributed by atoms with Gasteiger partial charge in [-0.2, -0.15) is 5.10 Å². The highest BCUT2D eigenvalue weighted by Gasteiger charge is 2.15. The number of nitrogens with one attached hydrogen (secondary N) is 1. The van der Waals surface area contributed by atoms with E-state index in [1.54, 1.807) is 0 Å². The minimum absolute atomic E-state index is 0.171. The fourth-order valence-corrected chi connectivity index (χ4v) is 2.40. The lowest BCUT2D eigenvalue weighted by molar-refractivity contribution is 0.0463. The van der Waals surface area contributed by atoms with Crippen molar-refractivity contribution in [2.24, 2.45) is 0 Å². The third-order valence-electron chi connectivity index (χ3n) is 2.68. The maximum atomic E-state index is 12.0. The summed E-state index contributed by atoms with van der Waals surface area (Å²) in [6.07, 6.45) is 0. The zero-order valence-corrected chi connectivity index (χ0v) is 11.0. The number of hydrogen-bond donors (Lipinski definition) is 1. The van der Waals surface area contributed by atoms with Gasteiger partial charge in [-0.25, -0.2) is 9.78 Å². The lowest BCUT2D eigenvalue weighted by atomic mass is 10.2. The van der Waals surface area contributed by atoms with Crippen molar-refractivity contribution in [1.82, 2.24) is 15.2 Å². The van der Waals surface area contributed by atoms with Gasteiger partial charge in [0.15, 0.2) is 5.69 Å². The lowest BCUT2D eigenvalue weighted by Crippen LogP contribution is -2.06. The minimum atomic E-state index is -0.442. The number of benzene rings is 1. The fourth-order valence-electron chi connectivity index (χ4n) is 1.80. The van der Waals surface area contributed by atoms with Gasteiger partial charge in [0.2, 0.25) is 0 Å². The van der Waals surface area contributed by atoms with Gasteiger partial charge in [-0.3, -0.25) is 5.10 Å². The minimum Gasteiger partial charge on any atom is -0.454 e. The first kappa shape index (κ1) is 11.9. The molecule has 0 radical (unpaired) electrons. The van der Waals surface area contributed by atoms with Gasteiger partial charge in [-0.1, -0.05) is 18.2 Å². The number of para-hydroxylation sites is 1. The third kappa shape index (κ3) is 2.34. The molecule has 0 fully saturated rings. The number of hydrogen-bond acceptors (Lipinski definition) is 5. The summed E-state index contributed by atoms with van der Waals surface area (Å²) in [4.78, 5) is 16.2. The molecule has 2 heterocycles. The summed E-state index contributed by atoms with van der Waals surface area (Å²) in [6.45, 7) is 2.08. The van der Waals surface area contributed by atoms with Crippen molar-refractivity contribution >= 4 is 28.2 Å². The van der Waals surface area contributed by atoms with E-state index in [0.29, 0.717) is 5.69 Å². The van der Waals surface area contributed by atoms with Crippen LogP contribution in [-0.2, 0) is 11.3 Å². The lowest BCUT2D eigenvalue weighted by Gasteiger charge is -2.00. The van der Waals surface area contributed by atoms with E-state index in [-0.39, 0.29) is 6.61 Å². The smallest absolute Gasteiger partial charge is 0.359 e. The number of aryl methyl sites for hydroxylation is 1. The number of aromatic nitrogens is 3. The monoisotopic (exact) mass is 273 g/mol. The summed E-state index contributed by atoms with van der Waals surface area (Å²) >= 11 is 1.53. The van der Waals surface area contributed by atoms with Crippen LogP contribution in [0.5, 0.6) is 0 Å². The Hall–Kier alpha value is -2.21. The van der Waals surface area contributed by atoms with Crippen molar-refractivity contribution < 1.29 is 9.53 Å². The van der Waals surface area contributed by atoms with Crippen LogP contribution >= 0.6 is 11.3 Å². The van der Waals surface area contributed by atoms with Gasteiger partial charge in [0.25, 0.3) is 0 Å². The van der Waals surface area contributed by atoms with Crippen LogP contribution in [0.2, 0.25) is 0 Å². The molecule has 0 saturated carbocycles. The highest BCUT2D eigenvalue weighted by molar-refractivity contribution is 7.09. The molecule has 3 aromatic rings. The molecule has 96 valence electrons. The van der Waals surface area contributed by atoms with Gasteiger partial charge in [-0.05, 0) is 13.0 Å². The third-order valence-corrected chi connectivity index (χ3v) is 3.50. The van der Waals surface area contributed by atoms with Crippen molar-refractivity contribution in [2.45, 2.75) is 13.5 Å². The van der Waals surface area contributed by atoms with Crippen molar-refractivity contribution in [3.8, 4) is 0 Å². The van der Waals surface area contributed by atoms with Crippen LogP contribution in [0, 0.1) is 6.92 Å². The molecule has 0 bridgehead atoms. The molecular formula is C13H11N3O2S. The predicted molar refractivity (Wildman–Crippen MR) is 72.1 cm³/mol. The molecule has 1 N–H and O–H groups in total. The van der Waals surface area contributed by atoms with E-state index in [1.807, 2.05) is 36.6 Å². The van der Waals surface area contributed by atoms with Crippen LogP contribution in [0.15, 0.2) is 29.6 Å². The van der Waals surface area contributed by atoms with Gasteiger partial charge in [0.05, 0.1) is 16.2 Å². The van der Waals surface area contributed by atoms with Gasteiger partial charge in [0, 0.05) is 10.8 Å². The van der Waals surface area contributed by atoms with Crippen LogP contribution in [0.1, 0.15) is 21.2 Å². The molecule has 0 aliphatic carbocycles. The number of H-pyrrole nitrogens is 1. The zero-order valence-electron chi connectivity index (χ0n) is 10.2. The second-order valence-electron chi connectivity index (χ2n) is 4.05. The van der Waals surface area contributed by atoms with Crippen molar-refractivity contribution in [3.05, 3.63) is 46.0 Å². The Morgan fingerprint density at radius 3 is 3.05 bits per heavy atom. The first-order valence-corrected chi connectivity index (χ1v) is 6.63. The van der Waals surface area contributed by atoms with Crippen LogP contribution in [0.25, 0.3) is 10.9 Å². The summed E-state index contributed by atoms with van der Waals surface area (Å²) in [5.74, 6) is -0.442. The standard InChI is InChI=1S/C13H11N3O2S/c1-8-14-9(7-19-8)6-18-13(17)12-10-4-2-3-5-11(10)15-16-12/h2-5,7H,6H2,1H3,(H,15,16). The molecule has 5 nitrogen and oxygen atoms in total. The second kappa shape index (κ2) is 4.81. The Morgan fingerprint density at radius 1 is 1.42 bits per heavy atom. The quantitative estimate of drug-likeness (QED) is 0.745. The number of carbonyl (C=O) groups is 1. The molecule has 6 heteroatoms. The first-order chi connectivity index (χ1) is 9.24. The molecule has 0 saturated heterocycles. The molecule has 0 amide bonds. The molecule has 1 aromatic carbocycles. The molecule has 0 unspecified atom stereocenters. The van der Waals surface area contributed by atoms with E-state index in [9.17, 15) is 4.79 Å². The van der Waals surface area contributed by atoms with Crippen LogP contribution in [-0.4, -0.2) is 21.2 Å². The van der Waals surface area contributed by atoms with E-state index in [2.05, 4.69) is 15.2 Å². The summed E-state index contributed by atoms with van der Waals surface area (Å²) in [5.41, 5.74) is 1.89. The number of thiazole rings is 1. The molecule has 3 rings (SSSR count). The fraction of sp³-hybridized carbons (Fsp3) is 0.154. The van der Waals surface area contributed by atoms with Crippen molar-refractivity contribution in [1.29, 1.82) is 0 Å². The molecule has 0 aliphatic heterocycles. The molecule has 0 atom stereocenters. The molecule has 2 aromatic heterocycles. The van der Waals surface area contributed by atoms with Crippen LogP contribution in [0.4, 0.5) is 0 Å². The average molecular weight is 273 g/mol. The first-order valence-electron chi connectivity index (χ1n) is 5.75. The van der Waals surface area contributed by atoms with Crippen LogP contribution in [0.3, 0.4) is 0 Å². The Morgan fingerprint density at radius 2 is 2.26 bits per heavy atom. The van der Waals surface area contributed by atoms with Gasteiger partial charge < -0.3 is 4.74 Å². The van der Waals surface area contributed by atoms with E-state index >= 15 is 0 Å². The Labute approximate surface area is 113 Å². The highest BCUT2D eigenvalue weighted by Crippen LogP contribution is 2.16. The molecular weight excluding hydrogens is 262 g/mol. The number of carbonyl (C=O) groups excluding carboxylic acids is 1. The number of rotatable bonds is 3. The van der Waals surface area contributed by atoms with Crippen molar-refractivity contribution in [2.75, 3.05) is 0 Å². The number of aromatic amines is 1. The molecule has 0 spiro atoms. The van der Waals surface area contributed by atoms with E-state index in [1.165, 1.54) is 11.3 Å². The Balaban J connectivity index is 1.77.